The molecule has 0 fully saturated rings. The van der Waals surface area contributed by atoms with Gasteiger partial charge in [0, 0.05) is 13.7 Å². The predicted molar refractivity (Wildman–Crippen MR) is 75.5 cm³/mol. The summed E-state index contributed by atoms with van der Waals surface area (Å²) < 4.78 is 49.3. The van der Waals surface area contributed by atoms with Crippen molar-refractivity contribution in [2.75, 3.05) is 20.8 Å². The van der Waals surface area contributed by atoms with Gasteiger partial charge in [0.1, 0.15) is 0 Å². The van der Waals surface area contributed by atoms with Crippen molar-refractivity contribution < 1.29 is 32.2 Å². The first-order valence-corrected chi connectivity index (χ1v) is 6.12. The van der Waals surface area contributed by atoms with Crippen LogP contribution in [0.4, 0.5) is 13.2 Å². The fourth-order valence-corrected chi connectivity index (χ4v) is 1.21. The summed E-state index contributed by atoms with van der Waals surface area (Å²) in [7, 11) is 2.88. The molecule has 0 bridgehead atoms. The zero-order valence-corrected chi connectivity index (χ0v) is 12.4. The molecule has 1 aromatic rings. The van der Waals surface area contributed by atoms with Crippen molar-refractivity contribution in [1.29, 1.82) is 0 Å². The van der Waals surface area contributed by atoms with Crippen molar-refractivity contribution in [2.45, 2.75) is 13.3 Å². The number of hydrogen-bond acceptors (Lipinski definition) is 5. The molecule has 1 rings (SSSR count). The lowest BCUT2D eigenvalue weighted by atomic mass is 10.1. The third-order valence-electron chi connectivity index (χ3n) is 2.17. The van der Waals surface area contributed by atoms with Gasteiger partial charge in [0.2, 0.25) is 0 Å². The lowest BCUT2D eigenvalue weighted by molar-refractivity contribution is -0.275. The Morgan fingerprint density at radius 2 is 1.86 bits per heavy atom. The predicted octanol–water partition coefficient (Wildman–Crippen LogP) is 2.75. The van der Waals surface area contributed by atoms with Crippen molar-refractivity contribution in [2.24, 2.45) is 5.73 Å². The van der Waals surface area contributed by atoms with E-state index in [1.807, 2.05) is 6.92 Å². The van der Waals surface area contributed by atoms with Crippen LogP contribution < -0.4 is 15.2 Å². The molecule has 0 heterocycles. The number of hydrogen-bond donors (Lipinski definition) is 1. The maximum absolute atomic E-state index is 12.1. The largest absolute Gasteiger partial charge is 0.573 e. The Kier molecular flexibility index (Phi) is 8.69. The van der Waals surface area contributed by atoms with E-state index >= 15 is 0 Å². The summed E-state index contributed by atoms with van der Waals surface area (Å²) in [6, 6.07) is 3.67. The Morgan fingerprint density at radius 3 is 2.27 bits per heavy atom. The third-order valence-corrected chi connectivity index (χ3v) is 2.17. The van der Waals surface area contributed by atoms with Crippen molar-refractivity contribution in [3.8, 4) is 11.5 Å². The van der Waals surface area contributed by atoms with Gasteiger partial charge in [-0.05, 0) is 30.7 Å². The summed E-state index contributed by atoms with van der Waals surface area (Å²) in [5, 5.41) is 0. The van der Waals surface area contributed by atoms with Crippen LogP contribution >= 0.6 is 0 Å². The molecule has 8 heteroatoms. The Labute approximate surface area is 126 Å². The Morgan fingerprint density at radius 1 is 1.27 bits per heavy atom. The van der Waals surface area contributed by atoms with E-state index in [1.54, 1.807) is 7.11 Å². The highest BCUT2D eigenvalue weighted by Gasteiger charge is 2.32. The maximum Gasteiger partial charge on any atom is 0.573 e. The van der Waals surface area contributed by atoms with Crippen molar-refractivity contribution >= 4 is 12.4 Å². The highest BCUT2D eigenvalue weighted by molar-refractivity contribution is 5.80. The van der Waals surface area contributed by atoms with E-state index in [2.05, 4.69) is 9.47 Å². The molecule has 0 radical (unpaired) electrons. The number of ether oxygens (including phenoxy) is 3. The van der Waals surface area contributed by atoms with Gasteiger partial charge >= 0.3 is 6.36 Å². The zero-order chi connectivity index (χ0) is 17.2. The number of carbonyl (C=O) groups excluding carboxylic acids is 1. The summed E-state index contributed by atoms with van der Waals surface area (Å²) in [5.74, 6) is -0.577. The SMILES string of the molecule is CCOC.COc1cc(/C=C(\N)C=O)ccc1OC(F)(F)F. The minimum Gasteiger partial charge on any atom is -0.493 e. The summed E-state index contributed by atoms with van der Waals surface area (Å²) in [6.45, 7) is 2.78. The van der Waals surface area contributed by atoms with E-state index in [4.69, 9.17) is 10.5 Å². The first-order valence-electron chi connectivity index (χ1n) is 6.12. The molecule has 0 aliphatic heterocycles. The number of nitrogens with two attached hydrogens (primary N) is 1. The van der Waals surface area contributed by atoms with Gasteiger partial charge in [0.15, 0.2) is 17.8 Å². The van der Waals surface area contributed by atoms with Crippen LogP contribution in [-0.4, -0.2) is 33.5 Å². The number of carbonyl (C=O) groups is 1. The van der Waals surface area contributed by atoms with Gasteiger partial charge in [0.25, 0.3) is 0 Å². The molecule has 22 heavy (non-hydrogen) atoms. The summed E-state index contributed by atoms with van der Waals surface area (Å²) in [5.41, 5.74) is 5.65. The fourth-order valence-electron chi connectivity index (χ4n) is 1.21. The number of rotatable bonds is 5. The molecule has 0 saturated carbocycles. The highest BCUT2D eigenvalue weighted by atomic mass is 19.4. The van der Waals surface area contributed by atoms with E-state index in [0.29, 0.717) is 11.8 Å². The van der Waals surface area contributed by atoms with E-state index in [-0.39, 0.29) is 11.4 Å². The monoisotopic (exact) mass is 321 g/mol. The molecule has 0 saturated heterocycles. The van der Waals surface area contributed by atoms with Gasteiger partial charge in [-0.25, -0.2) is 0 Å². The number of aldehydes is 1. The minimum absolute atomic E-state index is 0.0541. The van der Waals surface area contributed by atoms with Crippen LogP contribution in [0.2, 0.25) is 0 Å². The number of alkyl halides is 3. The smallest absolute Gasteiger partial charge is 0.493 e. The van der Waals surface area contributed by atoms with Crippen LogP contribution in [0.3, 0.4) is 0 Å². The molecule has 0 aliphatic carbocycles. The normalized spacial score (nSPS) is 11.3. The topological polar surface area (TPSA) is 70.8 Å². The molecule has 0 spiro atoms. The molecule has 2 N–H and O–H groups in total. The van der Waals surface area contributed by atoms with E-state index in [9.17, 15) is 18.0 Å². The fraction of sp³-hybridized carbons (Fsp3) is 0.357. The molecule has 5 nitrogen and oxygen atoms in total. The second-order valence-corrected chi connectivity index (χ2v) is 3.80. The van der Waals surface area contributed by atoms with Crippen LogP contribution in [0.5, 0.6) is 11.5 Å². The van der Waals surface area contributed by atoms with Crippen molar-refractivity contribution in [3.05, 3.63) is 29.5 Å². The van der Waals surface area contributed by atoms with Crippen LogP contribution in [-0.2, 0) is 9.53 Å². The van der Waals surface area contributed by atoms with Crippen LogP contribution in [0.25, 0.3) is 6.08 Å². The standard InChI is InChI=1S/C11H10F3NO3.C3H8O/c1-17-10-5-7(4-8(15)6-16)2-3-9(10)18-11(12,13)14;1-3-4-2/h2-6H,15H2,1H3;3H2,1-2H3/b8-4-;. The van der Waals surface area contributed by atoms with E-state index in [1.165, 1.54) is 25.3 Å². The Bertz CT molecular complexity index is 499. The average molecular weight is 321 g/mol. The average Bonchev–Trinajstić information content (AvgIpc) is 2.47. The molecular weight excluding hydrogens is 303 g/mol. The number of methoxy groups -OCH3 is 2. The van der Waals surface area contributed by atoms with E-state index < -0.39 is 12.1 Å². The quantitative estimate of drug-likeness (QED) is 0.667. The molecular formula is C14H18F3NO4. The van der Waals surface area contributed by atoms with Crippen LogP contribution in [0.1, 0.15) is 12.5 Å². The van der Waals surface area contributed by atoms with Crippen LogP contribution in [0, 0.1) is 0 Å². The van der Waals surface area contributed by atoms with Crippen molar-refractivity contribution in [1.82, 2.24) is 0 Å². The number of allylic oxidation sites excluding steroid dienone is 1. The van der Waals surface area contributed by atoms with Gasteiger partial charge in [-0.1, -0.05) is 6.07 Å². The lowest BCUT2D eigenvalue weighted by Gasteiger charge is -2.12. The maximum atomic E-state index is 12.1. The summed E-state index contributed by atoms with van der Waals surface area (Å²) in [6.07, 6.45) is -3.08. The molecule has 0 unspecified atom stereocenters. The van der Waals surface area contributed by atoms with Gasteiger partial charge < -0.3 is 19.9 Å². The first-order chi connectivity index (χ1) is 10.3. The molecule has 0 atom stereocenters. The number of benzene rings is 1. The number of halogens is 3. The van der Waals surface area contributed by atoms with Gasteiger partial charge in [-0.15, -0.1) is 13.2 Å². The molecule has 0 aromatic heterocycles. The van der Waals surface area contributed by atoms with Crippen molar-refractivity contribution in [3.63, 3.8) is 0 Å². The minimum atomic E-state index is -4.80. The molecule has 1 aromatic carbocycles. The second-order valence-electron chi connectivity index (χ2n) is 3.80. The Hall–Kier alpha value is -2.22. The second kappa shape index (κ2) is 9.67. The van der Waals surface area contributed by atoms with E-state index in [0.717, 1.165) is 12.7 Å². The first kappa shape index (κ1) is 19.8. The summed E-state index contributed by atoms with van der Waals surface area (Å²) >= 11 is 0. The molecule has 0 amide bonds. The molecule has 0 aliphatic rings. The van der Waals surface area contributed by atoms with Gasteiger partial charge in [0.05, 0.1) is 12.8 Å². The summed E-state index contributed by atoms with van der Waals surface area (Å²) in [4.78, 5) is 10.3. The highest BCUT2D eigenvalue weighted by Crippen LogP contribution is 2.33. The van der Waals surface area contributed by atoms with Gasteiger partial charge in [-0.2, -0.15) is 0 Å². The van der Waals surface area contributed by atoms with Gasteiger partial charge in [-0.3, -0.25) is 4.79 Å². The lowest BCUT2D eigenvalue weighted by Crippen LogP contribution is -2.17. The molecule has 124 valence electrons. The zero-order valence-electron chi connectivity index (χ0n) is 12.4. The van der Waals surface area contributed by atoms with Crippen LogP contribution in [0.15, 0.2) is 23.9 Å². The Balaban J connectivity index is 0.000000980. The third kappa shape index (κ3) is 8.15.